The number of hydrogen-bond acceptors (Lipinski definition) is 2. The molecule has 1 saturated carbocycles. The summed E-state index contributed by atoms with van der Waals surface area (Å²) in [4.78, 5) is 14.9. The fraction of sp³-hybridized carbons (Fsp3) is 0.933. The summed E-state index contributed by atoms with van der Waals surface area (Å²) in [7, 11) is 0. The van der Waals surface area contributed by atoms with E-state index in [2.05, 4.69) is 10.2 Å². The van der Waals surface area contributed by atoms with E-state index in [0.29, 0.717) is 11.9 Å². The highest BCUT2D eigenvalue weighted by atomic mass is 35.5. The molecule has 0 spiro atoms. The third-order valence-electron chi connectivity index (χ3n) is 5.17. The fourth-order valence-corrected chi connectivity index (χ4v) is 4.20. The Labute approximate surface area is 122 Å². The molecule has 3 nitrogen and oxygen atoms in total. The summed E-state index contributed by atoms with van der Waals surface area (Å²) in [5, 5.41) is 3.38. The number of hydrogen-bond donors (Lipinski definition) is 1. The van der Waals surface area contributed by atoms with Crippen LogP contribution in [0, 0.1) is 11.8 Å². The minimum absolute atomic E-state index is 0. The van der Waals surface area contributed by atoms with E-state index in [1.165, 1.54) is 44.9 Å². The van der Waals surface area contributed by atoms with Gasteiger partial charge in [-0.2, -0.15) is 0 Å². The van der Waals surface area contributed by atoms with Crippen LogP contribution in [-0.2, 0) is 4.79 Å². The van der Waals surface area contributed by atoms with Gasteiger partial charge in [0, 0.05) is 19.1 Å². The minimum Gasteiger partial charge on any atom is -0.339 e. The van der Waals surface area contributed by atoms with Gasteiger partial charge < -0.3 is 10.2 Å². The lowest BCUT2D eigenvalue weighted by atomic mass is 9.93. The van der Waals surface area contributed by atoms with Crippen LogP contribution in [0.15, 0.2) is 0 Å². The van der Waals surface area contributed by atoms with Crippen LogP contribution in [0.4, 0.5) is 0 Å². The van der Waals surface area contributed by atoms with Crippen LogP contribution in [0.2, 0.25) is 0 Å². The molecule has 0 aromatic rings. The van der Waals surface area contributed by atoms with Crippen LogP contribution >= 0.6 is 12.4 Å². The molecule has 0 aromatic carbocycles. The average molecular weight is 287 g/mol. The molecule has 2 heterocycles. The highest BCUT2D eigenvalue weighted by molar-refractivity contribution is 5.85. The molecule has 2 aliphatic heterocycles. The number of nitrogens with one attached hydrogen (secondary N) is 1. The summed E-state index contributed by atoms with van der Waals surface area (Å²) in [6.45, 7) is 3.03. The topological polar surface area (TPSA) is 32.3 Å². The number of piperidine rings is 1. The van der Waals surface area contributed by atoms with Crippen LogP contribution in [0.1, 0.15) is 51.4 Å². The van der Waals surface area contributed by atoms with Crippen molar-refractivity contribution in [1.82, 2.24) is 10.2 Å². The van der Waals surface area contributed by atoms with E-state index in [1.54, 1.807) is 0 Å². The molecule has 0 bridgehead atoms. The highest BCUT2D eigenvalue weighted by Gasteiger charge is 2.38. The second kappa shape index (κ2) is 6.94. The lowest BCUT2D eigenvalue weighted by molar-refractivity contribution is -0.137. The quantitative estimate of drug-likeness (QED) is 0.846. The number of rotatable bonds is 2. The van der Waals surface area contributed by atoms with Crippen molar-refractivity contribution in [2.75, 3.05) is 19.6 Å². The zero-order valence-electron chi connectivity index (χ0n) is 11.8. The molecule has 3 fully saturated rings. The Morgan fingerprint density at radius 2 is 1.79 bits per heavy atom. The molecular formula is C15H27ClN2O. The van der Waals surface area contributed by atoms with Gasteiger partial charge in [0.2, 0.25) is 5.91 Å². The van der Waals surface area contributed by atoms with E-state index in [9.17, 15) is 4.79 Å². The van der Waals surface area contributed by atoms with Gasteiger partial charge in [-0.1, -0.05) is 12.8 Å². The van der Waals surface area contributed by atoms with Gasteiger partial charge in [-0.25, -0.2) is 0 Å². The number of nitrogens with zero attached hydrogens (tertiary/aromatic N) is 1. The Kier molecular flexibility index (Phi) is 5.52. The van der Waals surface area contributed by atoms with E-state index in [4.69, 9.17) is 0 Å². The van der Waals surface area contributed by atoms with Crippen molar-refractivity contribution < 1.29 is 4.79 Å². The van der Waals surface area contributed by atoms with E-state index in [1.807, 2.05) is 0 Å². The Morgan fingerprint density at radius 3 is 2.47 bits per heavy atom. The molecule has 3 rings (SSSR count). The third kappa shape index (κ3) is 3.25. The standard InChI is InChI=1S/C15H26N2O.ClH/c18-15(13-7-3-9-16-11-13)17-10-4-8-14(17)12-5-1-2-6-12;/h12-14,16H,1-11H2;1H/t13-,14?;/m1./s1. The number of amides is 1. The molecule has 0 radical (unpaired) electrons. The van der Waals surface area contributed by atoms with Crippen molar-refractivity contribution in [1.29, 1.82) is 0 Å². The van der Waals surface area contributed by atoms with Gasteiger partial charge in [0.15, 0.2) is 0 Å². The largest absolute Gasteiger partial charge is 0.339 e. The molecular weight excluding hydrogens is 260 g/mol. The van der Waals surface area contributed by atoms with Gasteiger partial charge in [-0.15, -0.1) is 12.4 Å². The summed E-state index contributed by atoms with van der Waals surface area (Å²) >= 11 is 0. The number of carbonyl (C=O) groups excluding carboxylic acids is 1. The van der Waals surface area contributed by atoms with E-state index in [-0.39, 0.29) is 18.3 Å². The first kappa shape index (κ1) is 15.1. The Morgan fingerprint density at radius 1 is 1.00 bits per heavy atom. The lowest BCUT2D eigenvalue weighted by Crippen LogP contribution is -2.46. The Hall–Kier alpha value is -0.280. The molecule has 2 atom stereocenters. The van der Waals surface area contributed by atoms with Gasteiger partial charge in [-0.05, 0) is 51.0 Å². The lowest BCUT2D eigenvalue weighted by Gasteiger charge is -2.33. The van der Waals surface area contributed by atoms with Crippen molar-refractivity contribution in [2.45, 2.75) is 57.4 Å². The first-order chi connectivity index (χ1) is 8.86. The van der Waals surface area contributed by atoms with E-state index >= 15 is 0 Å². The van der Waals surface area contributed by atoms with Crippen LogP contribution < -0.4 is 5.32 Å². The Bertz CT molecular complexity index is 299. The second-order valence-corrected chi connectivity index (χ2v) is 6.33. The number of halogens is 1. The summed E-state index contributed by atoms with van der Waals surface area (Å²) in [6.07, 6.45) is 10.2. The first-order valence-electron chi connectivity index (χ1n) is 7.87. The molecule has 2 saturated heterocycles. The van der Waals surface area contributed by atoms with Crippen LogP contribution in [0.5, 0.6) is 0 Å². The monoisotopic (exact) mass is 286 g/mol. The maximum absolute atomic E-state index is 12.7. The molecule has 1 aliphatic carbocycles. The molecule has 4 heteroatoms. The van der Waals surface area contributed by atoms with Crippen molar-refractivity contribution in [3.8, 4) is 0 Å². The van der Waals surface area contributed by atoms with Crippen molar-refractivity contribution in [3.63, 3.8) is 0 Å². The van der Waals surface area contributed by atoms with Gasteiger partial charge in [0.25, 0.3) is 0 Å². The normalized spacial score (nSPS) is 32.3. The molecule has 0 aromatic heterocycles. The molecule has 1 amide bonds. The van der Waals surface area contributed by atoms with Crippen molar-refractivity contribution in [2.24, 2.45) is 11.8 Å². The molecule has 3 aliphatic rings. The van der Waals surface area contributed by atoms with Gasteiger partial charge in [0.1, 0.15) is 0 Å². The average Bonchev–Trinajstić information content (AvgIpc) is 3.09. The predicted octanol–water partition coefficient (Wildman–Crippen LogP) is 2.59. The van der Waals surface area contributed by atoms with E-state index < -0.39 is 0 Å². The number of carbonyl (C=O) groups is 1. The zero-order valence-corrected chi connectivity index (χ0v) is 12.6. The summed E-state index contributed by atoms with van der Waals surface area (Å²) in [5.74, 6) is 1.53. The highest BCUT2D eigenvalue weighted by Crippen LogP contribution is 2.36. The van der Waals surface area contributed by atoms with Gasteiger partial charge in [0.05, 0.1) is 5.92 Å². The predicted molar refractivity (Wildman–Crippen MR) is 79.5 cm³/mol. The van der Waals surface area contributed by atoms with Gasteiger partial charge >= 0.3 is 0 Å². The SMILES string of the molecule is Cl.O=C([C@@H]1CCCNC1)N1CCCC1C1CCCC1. The second-order valence-electron chi connectivity index (χ2n) is 6.33. The van der Waals surface area contributed by atoms with Crippen molar-refractivity contribution in [3.05, 3.63) is 0 Å². The molecule has 1 unspecified atom stereocenters. The maximum Gasteiger partial charge on any atom is 0.227 e. The Balaban J connectivity index is 0.00000133. The number of likely N-dealkylation sites (tertiary alicyclic amines) is 1. The smallest absolute Gasteiger partial charge is 0.227 e. The summed E-state index contributed by atoms with van der Waals surface area (Å²) in [5.41, 5.74) is 0. The third-order valence-corrected chi connectivity index (χ3v) is 5.17. The zero-order chi connectivity index (χ0) is 12.4. The first-order valence-corrected chi connectivity index (χ1v) is 7.87. The molecule has 19 heavy (non-hydrogen) atoms. The maximum atomic E-state index is 12.7. The van der Waals surface area contributed by atoms with Crippen LogP contribution in [-0.4, -0.2) is 36.5 Å². The van der Waals surface area contributed by atoms with Crippen molar-refractivity contribution >= 4 is 18.3 Å². The summed E-state index contributed by atoms with van der Waals surface area (Å²) < 4.78 is 0. The van der Waals surface area contributed by atoms with Crippen LogP contribution in [0.25, 0.3) is 0 Å². The van der Waals surface area contributed by atoms with E-state index in [0.717, 1.165) is 32.0 Å². The molecule has 1 N–H and O–H groups in total. The fourth-order valence-electron chi connectivity index (χ4n) is 4.20. The van der Waals surface area contributed by atoms with Gasteiger partial charge in [-0.3, -0.25) is 4.79 Å². The summed E-state index contributed by atoms with van der Waals surface area (Å²) in [6, 6.07) is 0.585. The minimum atomic E-state index is 0. The van der Waals surface area contributed by atoms with Crippen LogP contribution in [0.3, 0.4) is 0 Å². The molecule has 110 valence electrons.